The molecule has 0 spiro atoms. The van der Waals surface area contributed by atoms with E-state index in [1.807, 2.05) is 0 Å². The van der Waals surface area contributed by atoms with Gasteiger partial charge in [-0.1, -0.05) is 18.6 Å². The van der Waals surface area contributed by atoms with Crippen molar-refractivity contribution in [3.8, 4) is 0 Å². The molecule has 1 aliphatic heterocycles. The molecule has 1 saturated heterocycles. The molecule has 0 aromatic heterocycles. The first-order chi connectivity index (χ1) is 13.6. The lowest BCUT2D eigenvalue weighted by Crippen LogP contribution is -2.49. The molecule has 7 unspecified atom stereocenters. The fourth-order valence-corrected chi connectivity index (χ4v) is 7.87. The predicted octanol–water partition coefficient (Wildman–Crippen LogP) is 3.44. The van der Waals surface area contributed by atoms with Gasteiger partial charge in [-0.25, -0.2) is 0 Å². The molecule has 4 fully saturated rings. The number of Topliss-reactive ketones (excluding diaryl/α,β-unsaturated/α-hetero) is 1. The maximum atomic E-state index is 13.3. The number of ether oxygens (including phenoxy) is 1. The number of carbonyl (C=O) groups is 1. The van der Waals surface area contributed by atoms with Crippen LogP contribution in [0, 0.1) is 35.0 Å². The van der Waals surface area contributed by atoms with Crippen molar-refractivity contribution in [2.75, 3.05) is 32.8 Å². The summed E-state index contributed by atoms with van der Waals surface area (Å²) in [4.78, 5) is 15.6. The molecule has 3 saturated carbocycles. The number of allylic oxidation sites excluding steroid dienone is 1. The van der Waals surface area contributed by atoms with Crippen molar-refractivity contribution in [3.63, 3.8) is 0 Å². The van der Waals surface area contributed by atoms with Crippen LogP contribution in [0.4, 0.5) is 0 Å². The van der Waals surface area contributed by atoms with E-state index < -0.39 is 0 Å². The van der Waals surface area contributed by atoms with E-state index in [4.69, 9.17) is 4.74 Å². The van der Waals surface area contributed by atoms with Crippen LogP contribution in [-0.4, -0.2) is 54.7 Å². The Hall–Kier alpha value is -0.710. The van der Waals surface area contributed by atoms with Crippen molar-refractivity contribution in [1.29, 1.82) is 0 Å². The number of rotatable bonds is 3. The Bertz CT molecular complexity index is 640. The highest BCUT2D eigenvalue weighted by Crippen LogP contribution is 2.63. The summed E-state index contributed by atoms with van der Waals surface area (Å²) in [5.41, 5.74) is 1.77. The molecule has 4 nitrogen and oxygen atoms in total. The number of aliphatic hydroxyl groups is 1. The van der Waals surface area contributed by atoms with Crippen molar-refractivity contribution in [2.24, 2.45) is 35.0 Å². The first-order valence-corrected chi connectivity index (χ1v) is 11.8. The van der Waals surface area contributed by atoms with Gasteiger partial charge < -0.3 is 9.84 Å². The highest BCUT2D eigenvalue weighted by molar-refractivity contribution is 5.84. The van der Waals surface area contributed by atoms with Gasteiger partial charge in [0.15, 0.2) is 0 Å². The van der Waals surface area contributed by atoms with E-state index in [9.17, 15) is 9.90 Å². The lowest BCUT2D eigenvalue weighted by atomic mass is 9.51. The minimum atomic E-state index is -0.110. The van der Waals surface area contributed by atoms with E-state index in [0.717, 1.165) is 69.2 Å². The van der Waals surface area contributed by atoms with E-state index >= 15 is 0 Å². The van der Waals surface area contributed by atoms with E-state index in [1.165, 1.54) is 32.1 Å². The maximum absolute atomic E-state index is 13.3. The zero-order valence-electron chi connectivity index (χ0n) is 17.4. The van der Waals surface area contributed by atoms with Crippen molar-refractivity contribution in [1.82, 2.24) is 4.90 Å². The van der Waals surface area contributed by atoms with Crippen LogP contribution in [0.1, 0.15) is 58.3 Å². The van der Waals surface area contributed by atoms with Crippen LogP contribution >= 0.6 is 0 Å². The summed E-state index contributed by atoms with van der Waals surface area (Å²) in [6.45, 7) is 6.44. The molecule has 5 rings (SSSR count). The molecule has 1 heterocycles. The molecule has 4 aliphatic carbocycles. The fourth-order valence-electron chi connectivity index (χ4n) is 7.87. The van der Waals surface area contributed by atoms with Crippen molar-refractivity contribution >= 4 is 5.78 Å². The second-order valence-corrected chi connectivity index (χ2v) is 10.5. The minimum Gasteiger partial charge on any atom is -0.393 e. The van der Waals surface area contributed by atoms with Gasteiger partial charge in [0.1, 0.15) is 5.78 Å². The summed E-state index contributed by atoms with van der Waals surface area (Å²) in [6, 6.07) is 0. The average molecular weight is 388 g/mol. The second kappa shape index (κ2) is 7.52. The summed E-state index contributed by atoms with van der Waals surface area (Å²) in [5.74, 6) is 3.77. The van der Waals surface area contributed by atoms with Crippen LogP contribution in [-0.2, 0) is 9.53 Å². The highest BCUT2D eigenvalue weighted by atomic mass is 16.5. The Morgan fingerprint density at radius 3 is 2.82 bits per heavy atom. The van der Waals surface area contributed by atoms with Gasteiger partial charge in [0, 0.05) is 19.0 Å². The molecule has 7 atom stereocenters. The molecule has 0 aromatic carbocycles. The summed E-state index contributed by atoms with van der Waals surface area (Å²) >= 11 is 0. The molecular formula is C24H37NO3. The lowest BCUT2D eigenvalue weighted by molar-refractivity contribution is -0.131. The standard InChI is InChI=1S/C24H37NO3/c1-24-9-8-19-18-5-3-17(26)14-16(18)2-4-20(19)21(24)6-7-22(24)23(27)15-25-10-12-28-13-11-25/h2,17-22,26H,3-15H2,1H3. The number of fused-ring (bicyclic) bond motifs is 5. The van der Waals surface area contributed by atoms with Crippen molar-refractivity contribution < 1.29 is 14.6 Å². The Labute approximate surface area is 169 Å². The van der Waals surface area contributed by atoms with E-state index in [2.05, 4.69) is 17.9 Å². The first kappa shape index (κ1) is 19.3. The first-order valence-electron chi connectivity index (χ1n) is 11.8. The van der Waals surface area contributed by atoms with Crippen LogP contribution in [0.5, 0.6) is 0 Å². The Morgan fingerprint density at radius 2 is 2.00 bits per heavy atom. The quantitative estimate of drug-likeness (QED) is 0.754. The molecule has 5 aliphatic rings. The van der Waals surface area contributed by atoms with Gasteiger partial charge in [-0.2, -0.15) is 0 Å². The number of carbonyl (C=O) groups excluding carboxylic acids is 1. The molecule has 0 bridgehead atoms. The molecule has 0 radical (unpaired) electrons. The Kier molecular flexibility index (Phi) is 5.17. The number of hydrogen-bond donors (Lipinski definition) is 1. The van der Waals surface area contributed by atoms with Crippen LogP contribution < -0.4 is 0 Å². The van der Waals surface area contributed by atoms with Gasteiger partial charge in [0.2, 0.25) is 0 Å². The molecule has 0 amide bonds. The molecule has 0 aromatic rings. The Morgan fingerprint density at radius 1 is 1.18 bits per heavy atom. The van der Waals surface area contributed by atoms with E-state index in [1.54, 1.807) is 5.57 Å². The second-order valence-electron chi connectivity index (χ2n) is 10.5. The van der Waals surface area contributed by atoms with Gasteiger partial charge in [0.25, 0.3) is 0 Å². The third-order valence-electron chi connectivity index (χ3n) is 9.29. The molecular weight excluding hydrogens is 350 g/mol. The van der Waals surface area contributed by atoms with Gasteiger partial charge in [-0.15, -0.1) is 0 Å². The van der Waals surface area contributed by atoms with Gasteiger partial charge >= 0.3 is 0 Å². The SMILES string of the molecule is CC12CCC3C4CCC(O)CC4=CCC3C1CCC2C(=O)CN1CCOCC1. The summed E-state index contributed by atoms with van der Waals surface area (Å²) in [5, 5.41) is 10.1. The summed E-state index contributed by atoms with van der Waals surface area (Å²) in [7, 11) is 0. The number of ketones is 1. The summed E-state index contributed by atoms with van der Waals surface area (Å²) in [6.07, 6.45) is 11.5. The predicted molar refractivity (Wildman–Crippen MR) is 109 cm³/mol. The van der Waals surface area contributed by atoms with Crippen LogP contribution in [0.3, 0.4) is 0 Å². The van der Waals surface area contributed by atoms with E-state index in [-0.39, 0.29) is 17.4 Å². The monoisotopic (exact) mass is 387 g/mol. The number of morpholine rings is 1. The van der Waals surface area contributed by atoms with Crippen molar-refractivity contribution in [2.45, 2.75) is 64.4 Å². The zero-order chi connectivity index (χ0) is 19.3. The molecule has 1 N–H and O–H groups in total. The molecule has 156 valence electrons. The topological polar surface area (TPSA) is 49.8 Å². The largest absolute Gasteiger partial charge is 0.393 e. The van der Waals surface area contributed by atoms with E-state index in [0.29, 0.717) is 12.3 Å². The minimum absolute atomic E-state index is 0.110. The Balaban J connectivity index is 1.30. The third-order valence-corrected chi connectivity index (χ3v) is 9.29. The van der Waals surface area contributed by atoms with Gasteiger partial charge in [-0.3, -0.25) is 9.69 Å². The van der Waals surface area contributed by atoms with Gasteiger partial charge in [-0.05, 0) is 80.5 Å². The van der Waals surface area contributed by atoms with Crippen LogP contribution in [0.25, 0.3) is 0 Å². The van der Waals surface area contributed by atoms with Crippen LogP contribution in [0.15, 0.2) is 11.6 Å². The molecule has 28 heavy (non-hydrogen) atoms. The van der Waals surface area contributed by atoms with Gasteiger partial charge in [0.05, 0.1) is 25.9 Å². The highest BCUT2D eigenvalue weighted by Gasteiger charge is 2.57. The smallest absolute Gasteiger partial charge is 0.150 e. The maximum Gasteiger partial charge on any atom is 0.150 e. The number of hydrogen-bond acceptors (Lipinski definition) is 4. The molecule has 4 heteroatoms. The third kappa shape index (κ3) is 3.20. The lowest BCUT2D eigenvalue weighted by Gasteiger charge is -2.53. The number of aliphatic hydroxyl groups excluding tert-OH is 1. The van der Waals surface area contributed by atoms with Crippen LogP contribution in [0.2, 0.25) is 0 Å². The average Bonchev–Trinajstić information content (AvgIpc) is 3.05. The zero-order valence-corrected chi connectivity index (χ0v) is 17.4. The normalized spacial score (nSPS) is 46.3. The number of nitrogens with zero attached hydrogens (tertiary/aromatic N) is 1. The summed E-state index contributed by atoms with van der Waals surface area (Å²) < 4.78 is 5.45. The van der Waals surface area contributed by atoms with Crippen molar-refractivity contribution in [3.05, 3.63) is 11.6 Å². The fraction of sp³-hybridized carbons (Fsp3) is 0.875.